The van der Waals surface area contributed by atoms with Gasteiger partial charge in [-0.3, -0.25) is 13.9 Å². The Morgan fingerprint density at radius 1 is 0.974 bits per heavy atom. The molecule has 208 valence electrons. The molecule has 3 aromatic carbocycles. The van der Waals surface area contributed by atoms with E-state index in [1.165, 1.54) is 41.3 Å². The van der Waals surface area contributed by atoms with Crippen LogP contribution in [-0.2, 0) is 26.2 Å². The number of aryl methyl sites for hydroxylation is 1. The zero-order chi connectivity index (χ0) is 28.7. The van der Waals surface area contributed by atoms with E-state index in [4.69, 9.17) is 11.6 Å². The van der Waals surface area contributed by atoms with Crippen LogP contribution >= 0.6 is 11.6 Å². The van der Waals surface area contributed by atoms with Gasteiger partial charge in [-0.2, -0.15) is 0 Å². The number of hydrogen-bond donors (Lipinski definition) is 1. The molecule has 0 aliphatic heterocycles. The Morgan fingerprint density at radius 2 is 1.62 bits per heavy atom. The summed E-state index contributed by atoms with van der Waals surface area (Å²) in [7, 11) is -4.20. The molecule has 0 fully saturated rings. The monoisotopic (exact) mass is 573 g/mol. The second kappa shape index (κ2) is 13.1. The second-order valence-electron chi connectivity index (χ2n) is 9.18. The van der Waals surface area contributed by atoms with Gasteiger partial charge in [-0.1, -0.05) is 54.4 Å². The van der Waals surface area contributed by atoms with Gasteiger partial charge in [0.15, 0.2) is 0 Å². The molecule has 3 aromatic rings. The summed E-state index contributed by atoms with van der Waals surface area (Å²) in [6.45, 7) is 6.85. The number of carbonyl (C=O) groups excluding carboxylic acids is 2. The van der Waals surface area contributed by atoms with Crippen LogP contribution in [0.15, 0.2) is 71.6 Å². The van der Waals surface area contributed by atoms with E-state index < -0.39 is 34.3 Å². The van der Waals surface area contributed by atoms with Gasteiger partial charge in [0.25, 0.3) is 10.0 Å². The number of anilines is 1. The van der Waals surface area contributed by atoms with Gasteiger partial charge in [-0.25, -0.2) is 12.8 Å². The van der Waals surface area contributed by atoms with Crippen LogP contribution < -0.4 is 9.62 Å². The van der Waals surface area contributed by atoms with Crippen molar-refractivity contribution in [2.24, 2.45) is 0 Å². The van der Waals surface area contributed by atoms with Gasteiger partial charge in [0.2, 0.25) is 11.8 Å². The molecule has 7 nitrogen and oxygen atoms in total. The minimum Gasteiger partial charge on any atom is -0.355 e. The summed E-state index contributed by atoms with van der Waals surface area (Å²) < 4.78 is 42.4. The van der Waals surface area contributed by atoms with Gasteiger partial charge in [0.05, 0.1) is 10.6 Å². The molecule has 0 bridgehead atoms. The van der Waals surface area contributed by atoms with E-state index in [1.807, 2.05) is 6.92 Å². The molecule has 39 heavy (non-hydrogen) atoms. The lowest BCUT2D eigenvalue weighted by atomic mass is 10.1. The van der Waals surface area contributed by atoms with Crippen LogP contribution in [0, 0.1) is 19.7 Å². The fourth-order valence-corrected chi connectivity index (χ4v) is 5.86. The Morgan fingerprint density at radius 3 is 2.21 bits per heavy atom. The maximum Gasteiger partial charge on any atom is 0.264 e. The quantitative estimate of drug-likeness (QED) is 0.340. The third kappa shape index (κ3) is 7.16. The lowest BCUT2D eigenvalue weighted by Gasteiger charge is -2.33. The summed E-state index contributed by atoms with van der Waals surface area (Å²) in [6.07, 6.45) is 0.291. The smallest absolute Gasteiger partial charge is 0.264 e. The third-order valence-corrected chi connectivity index (χ3v) is 8.58. The van der Waals surface area contributed by atoms with Crippen molar-refractivity contribution in [2.45, 2.75) is 51.6 Å². The largest absolute Gasteiger partial charge is 0.355 e. The highest BCUT2D eigenvalue weighted by molar-refractivity contribution is 7.92. The number of nitrogens with zero attached hydrogens (tertiary/aromatic N) is 2. The fraction of sp³-hybridized carbons (Fsp3) is 0.310. The molecule has 0 spiro atoms. The first-order chi connectivity index (χ1) is 18.5. The molecule has 0 aliphatic carbocycles. The first-order valence-corrected chi connectivity index (χ1v) is 14.5. The number of nitrogens with one attached hydrogen (secondary N) is 1. The van der Waals surface area contributed by atoms with Crippen LogP contribution in [0.2, 0.25) is 5.02 Å². The molecule has 3 rings (SSSR count). The summed E-state index contributed by atoms with van der Waals surface area (Å²) in [5.41, 5.74) is 2.22. The summed E-state index contributed by atoms with van der Waals surface area (Å²) in [5.74, 6) is -1.38. The van der Waals surface area contributed by atoms with Crippen molar-refractivity contribution in [1.29, 1.82) is 0 Å². The van der Waals surface area contributed by atoms with Crippen LogP contribution in [0.1, 0.15) is 37.0 Å². The highest BCUT2D eigenvalue weighted by atomic mass is 35.5. The number of likely N-dealkylation sites (N-methyl/N-ethyl adjacent to an activating group) is 1. The average Bonchev–Trinajstić information content (AvgIpc) is 2.90. The van der Waals surface area contributed by atoms with E-state index in [1.54, 1.807) is 51.1 Å². The number of hydrogen-bond acceptors (Lipinski definition) is 4. The van der Waals surface area contributed by atoms with Gasteiger partial charge in [0, 0.05) is 18.1 Å². The Kier molecular flexibility index (Phi) is 10.1. The zero-order valence-corrected chi connectivity index (χ0v) is 24.0. The number of sulfonamides is 1. The van der Waals surface area contributed by atoms with Crippen molar-refractivity contribution in [3.8, 4) is 0 Å². The molecule has 0 saturated heterocycles. The number of benzene rings is 3. The summed E-state index contributed by atoms with van der Waals surface area (Å²) in [4.78, 5) is 28.3. The van der Waals surface area contributed by atoms with E-state index in [0.29, 0.717) is 29.1 Å². The normalized spacial score (nSPS) is 12.1. The van der Waals surface area contributed by atoms with Crippen molar-refractivity contribution >= 4 is 39.1 Å². The lowest BCUT2D eigenvalue weighted by Crippen LogP contribution is -2.52. The maximum atomic E-state index is 14.0. The van der Waals surface area contributed by atoms with Gasteiger partial charge in [-0.05, 0) is 74.7 Å². The van der Waals surface area contributed by atoms with Crippen LogP contribution in [0.3, 0.4) is 0 Å². The molecular weight excluding hydrogens is 541 g/mol. The summed E-state index contributed by atoms with van der Waals surface area (Å²) in [5, 5.41) is 3.10. The van der Waals surface area contributed by atoms with Crippen molar-refractivity contribution in [3.63, 3.8) is 0 Å². The number of halogens is 2. The molecule has 0 heterocycles. The lowest BCUT2D eigenvalue weighted by molar-refractivity contribution is -0.140. The molecule has 2 amide bonds. The predicted octanol–water partition coefficient (Wildman–Crippen LogP) is 5.23. The molecule has 0 aromatic heterocycles. The Balaban J connectivity index is 2.10. The molecule has 1 N–H and O–H groups in total. The van der Waals surface area contributed by atoms with Gasteiger partial charge in [0.1, 0.15) is 18.4 Å². The first-order valence-electron chi connectivity index (χ1n) is 12.7. The van der Waals surface area contributed by atoms with E-state index in [0.717, 1.165) is 9.87 Å². The fourth-order valence-electron chi connectivity index (χ4n) is 4.22. The van der Waals surface area contributed by atoms with Crippen LogP contribution in [-0.4, -0.2) is 44.3 Å². The van der Waals surface area contributed by atoms with Gasteiger partial charge >= 0.3 is 0 Å². The minimum absolute atomic E-state index is 0.0122. The third-order valence-electron chi connectivity index (χ3n) is 6.40. The van der Waals surface area contributed by atoms with Crippen LogP contribution in [0.25, 0.3) is 0 Å². The molecule has 0 aliphatic rings. The number of rotatable bonds is 11. The minimum atomic E-state index is -4.20. The topological polar surface area (TPSA) is 86.8 Å². The Bertz CT molecular complexity index is 1410. The SMILES string of the molecule is CCNC(=O)[C@@H](CC)N(Cc1ccc(F)cc1)C(=O)CN(c1cccc(Cl)c1C)S(=O)(=O)c1ccc(C)cc1. The molecule has 0 radical (unpaired) electrons. The molecule has 1 atom stereocenters. The van der Waals surface area contributed by atoms with Crippen molar-refractivity contribution in [1.82, 2.24) is 10.2 Å². The maximum absolute atomic E-state index is 14.0. The highest BCUT2D eigenvalue weighted by Crippen LogP contribution is 2.31. The van der Waals surface area contributed by atoms with Crippen LogP contribution in [0.4, 0.5) is 10.1 Å². The standard InChI is InChI=1S/C29H33ClFN3O4S/c1-5-26(29(36)32-6-2)33(18-22-12-14-23(31)15-13-22)28(35)19-34(27-9-7-8-25(30)21(27)4)39(37,38)24-16-10-20(3)11-17-24/h7-17,26H,5-6,18-19H2,1-4H3,(H,32,36)/t26-/m1/s1. The van der Waals surface area contributed by atoms with E-state index in [2.05, 4.69) is 5.32 Å². The van der Waals surface area contributed by atoms with Crippen molar-refractivity contribution < 1.29 is 22.4 Å². The second-order valence-corrected chi connectivity index (χ2v) is 11.4. The first kappa shape index (κ1) is 30.1. The van der Waals surface area contributed by atoms with E-state index >= 15 is 0 Å². The number of amides is 2. The van der Waals surface area contributed by atoms with Crippen molar-refractivity contribution in [3.05, 3.63) is 94.3 Å². The molecule has 10 heteroatoms. The van der Waals surface area contributed by atoms with E-state index in [-0.39, 0.29) is 23.0 Å². The van der Waals surface area contributed by atoms with Gasteiger partial charge in [-0.15, -0.1) is 0 Å². The highest BCUT2D eigenvalue weighted by Gasteiger charge is 2.34. The summed E-state index contributed by atoms with van der Waals surface area (Å²) in [6, 6.07) is 15.9. The van der Waals surface area contributed by atoms with Crippen molar-refractivity contribution in [2.75, 3.05) is 17.4 Å². The summed E-state index contributed by atoms with van der Waals surface area (Å²) >= 11 is 6.34. The Labute approximate surface area is 234 Å². The molecular formula is C29H33ClFN3O4S. The molecule has 0 unspecified atom stereocenters. The Hall–Kier alpha value is -3.43. The molecule has 0 saturated carbocycles. The zero-order valence-electron chi connectivity index (χ0n) is 22.4. The number of carbonyl (C=O) groups is 2. The van der Waals surface area contributed by atoms with Gasteiger partial charge < -0.3 is 10.2 Å². The van der Waals surface area contributed by atoms with E-state index in [9.17, 15) is 22.4 Å². The average molecular weight is 574 g/mol. The van der Waals surface area contributed by atoms with Crippen LogP contribution in [0.5, 0.6) is 0 Å². The predicted molar refractivity (Wildman–Crippen MR) is 152 cm³/mol.